The first-order valence-corrected chi connectivity index (χ1v) is 7.67. The monoisotopic (exact) mass is 378 g/mol. The summed E-state index contributed by atoms with van der Waals surface area (Å²) >= 11 is 9.46. The molecule has 2 N–H and O–H groups in total. The lowest BCUT2D eigenvalue weighted by atomic mass is 10.2. The summed E-state index contributed by atoms with van der Waals surface area (Å²) in [5.41, 5.74) is 1.99. The Kier molecular flexibility index (Phi) is 4.09. The number of fused-ring (bicyclic) bond motifs is 1. The summed E-state index contributed by atoms with van der Waals surface area (Å²) in [4.78, 5) is 15.4. The van der Waals surface area contributed by atoms with Gasteiger partial charge in [0.05, 0.1) is 12.1 Å². The van der Waals surface area contributed by atoms with Gasteiger partial charge in [0.1, 0.15) is 11.4 Å². The summed E-state index contributed by atoms with van der Waals surface area (Å²) in [5, 5.41) is 4.22. The van der Waals surface area contributed by atoms with Gasteiger partial charge in [0.15, 0.2) is 0 Å². The molecule has 0 aliphatic carbocycles. The van der Waals surface area contributed by atoms with E-state index in [1.54, 1.807) is 25.3 Å². The van der Waals surface area contributed by atoms with Crippen molar-refractivity contribution in [1.29, 1.82) is 0 Å². The van der Waals surface area contributed by atoms with Crippen LogP contribution in [0.2, 0.25) is 5.02 Å². The van der Waals surface area contributed by atoms with Gasteiger partial charge in [-0.05, 0) is 36.4 Å². The van der Waals surface area contributed by atoms with E-state index in [2.05, 4.69) is 26.2 Å². The molecular formula is C16H12BrClN2O2. The fourth-order valence-corrected chi connectivity index (χ4v) is 2.78. The number of ether oxygens (including phenoxy) is 1. The van der Waals surface area contributed by atoms with E-state index in [-0.39, 0.29) is 5.91 Å². The minimum atomic E-state index is -0.228. The number of rotatable bonds is 3. The largest absolute Gasteiger partial charge is 0.495 e. The number of hydrogen-bond acceptors (Lipinski definition) is 2. The smallest absolute Gasteiger partial charge is 0.272 e. The van der Waals surface area contributed by atoms with E-state index >= 15 is 0 Å². The number of nitrogens with one attached hydrogen (secondary N) is 2. The molecule has 1 heterocycles. The second-order valence-electron chi connectivity index (χ2n) is 4.72. The van der Waals surface area contributed by atoms with Crippen LogP contribution in [0.3, 0.4) is 0 Å². The molecule has 112 valence electrons. The third kappa shape index (κ3) is 2.96. The Hall–Kier alpha value is -1.98. The van der Waals surface area contributed by atoms with Crippen LogP contribution in [0.1, 0.15) is 10.5 Å². The lowest BCUT2D eigenvalue weighted by molar-refractivity contribution is 0.102. The molecule has 0 aliphatic heterocycles. The first kappa shape index (κ1) is 14.9. The molecule has 0 fully saturated rings. The zero-order chi connectivity index (χ0) is 15.7. The van der Waals surface area contributed by atoms with Crippen LogP contribution in [0.4, 0.5) is 5.69 Å². The van der Waals surface area contributed by atoms with Crippen LogP contribution < -0.4 is 10.1 Å². The van der Waals surface area contributed by atoms with Crippen LogP contribution in [0, 0.1) is 0 Å². The molecule has 6 heteroatoms. The molecule has 0 saturated heterocycles. The van der Waals surface area contributed by atoms with E-state index in [1.165, 1.54) is 0 Å². The summed E-state index contributed by atoms with van der Waals surface area (Å²) in [5.74, 6) is 0.337. The molecule has 4 nitrogen and oxygen atoms in total. The summed E-state index contributed by atoms with van der Waals surface area (Å²) in [6.07, 6.45) is 0. The van der Waals surface area contributed by atoms with E-state index in [9.17, 15) is 4.79 Å². The average molecular weight is 380 g/mol. The van der Waals surface area contributed by atoms with Gasteiger partial charge in [-0.3, -0.25) is 4.79 Å². The normalized spacial score (nSPS) is 10.7. The Morgan fingerprint density at radius 3 is 2.77 bits per heavy atom. The van der Waals surface area contributed by atoms with Gasteiger partial charge in [0.2, 0.25) is 0 Å². The molecule has 0 radical (unpaired) electrons. The number of amides is 1. The maximum Gasteiger partial charge on any atom is 0.272 e. The molecule has 1 amide bonds. The number of methoxy groups -OCH3 is 1. The van der Waals surface area contributed by atoms with Gasteiger partial charge in [0.25, 0.3) is 5.91 Å². The standard InChI is InChI=1S/C16H12BrClN2O2/c1-22-15-5-4-11(8-12(15)18)19-16(21)14-6-9-2-3-10(17)7-13(9)20-14/h2-8,20H,1H3,(H,19,21). The highest BCUT2D eigenvalue weighted by Gasteiger charge is 2.11. The number of benzene rings is 2. The topological polar surface area (TPSA) is 54.1 Å². The predicted octanol–water partition coefficient (Wildman–Crippen LogP) is 4.84. The average Bonchev–Trinajstić information content (AvgIpc) is 2.90. The summed E-state index contributed by atoms with van der Waals surface area (Å²) in [7, 11) is 1.54. The van der Waals surface area contributed by atoms with Gasteiger partial charge in [0, 0.05) is 21.1 Å². The minimum absolute atomic E-state index is 0.228. The first-order valence-electron chi connectivity index (χ1n) is 6.50. The molecule has 0 atom stereocenters. The Morgan fingerprint density at radius 1 is 1.23 bits per heavy atom. The van der Waals surface area contributed by atoms with Crippen molar-refractivity contribution in [2.24, 2.45) is 0 Å². The second-order valence-corrected chi connectivity index (χ2v) is 6.04. The zero-order valence-electron chi connectivity index (χ0n) is 11.6. The maximum absolute atomic E-state index is 12.3. The maximum atomic E-state index is 12.3. The van der Waals surface area contributed by atoms with Gasteiger partial charge in [-0.25, -0.2) is 0 Å². The number of hydrogen-bond donors (Lipinski definition) is 2. The van der Waals surface area contributed by atoms with E-state index in [4.69, 9.17) is 16.3 Å². The van der Waals surface area contributed by atoms with E-state index < -0.39 is 0 Å². The SMILES string of the molecule is COc1ccc(NC(=O)c2cc3ccc(Br)cc3[nH]2)cc1Cl. The molecule has 1 aromatic heterocycles. The minimum Gasteiger partial charge on any atom is -0.495 e. The molecule has 22 heavy (non-hydrogen) atoms. The molecule has 0 unspecified atom stereocenters. The van der Waals surface area contributed by atoms with Crippen LogP contribution in [0.15, 0.2) is 46.9 Å². The number of carbonyl (C=O) groups is 1. The van der Waals surface area contributed by atoms with Crippen LogP contribution in [0.25, 0.3) is 10.9 Å². The van der Waals surface area contributed by atoms with E-state index in [0.29, 0.717) is 22.2 Å². The molecule has 2 aromatic carbocycles. The van der Waals surface area contributed by atoms with Crippen molar-refractivity contribution < 1.29 is 9.53 Å². The highest BCUT2D eigenvalue weighted by molar-refractivity contribution is 9.10. The molecule has 0 spiro atoms. The van der Waals surface area contributed by atoms with Crippen LogP contribution >= 0.6 is 27.5 Å². The third-order valence-corrected chi connectivity index (χ3v) is 4.03. The van der Waals surface area contributed by atoms with Crippen molar-refractivity contribution in [1.82, 2.24) is 4.98 Å². The number of carbonyl (C=O) groups excluding carboxylic acids is 1. The summed E-state index contributed by atoms with van der Waals surface area (Å²) in [6.45, 7) is 0. The second kappa shape index (κ2) is 6.02. The predicted molar refractivity (Wildman–Crippen MR) is 92.0 cm³/mol. The number of anilines is 1. The number of H-pyrrole nitrogens is 1. The van der Waals surface area contributed by atoms with Crippen molar-refractivity contribution in [2.45, 2.75) is 0 Å². The third-order valence-electron chi connectivity index (χ3n) is 3.24. The quantitative estimate of drug-likeness (QED) is 0.684. The first-order chi connectivity index (χ1) is 10.6. The van der Waals surface area contributed by atoms with Crippen molar-refractivity contribution in [3.8, 4) is 5.75 Å². The van der Waals surface area contributed by atoms with Crippen LogP contribution in [0.5, 0.6) is 5.75 Å². The van der Waals surface area contributed by atoms with Gasteiger partial charge in [-0.15, -0.1) is 0 Å². The summed E-state index contributed by atoms with van der Waals surface area (Å²) < 4.78 is 6.04. The number of aromatic nitrogens is 1. The van der Waals surface area contributed by atoms with Crippen LogP contribution in [-0.4, -0.2) is 18.0 Å². The van der Waals surface area contributed by atoms with E-state index in [0.717, 1.165) is 15.4 Å². The van der Waals surface area contributed by atoms with Gasteiger partial charge < -0.3 is 15.0 Å². The highest BCUT2D eigenvalue weighted by Crippen LogP contribution is 2.27. The Morgan fingerprint density at radius 2 is 2.05 bits per heavy atom. The fourth-order valence-electron chi connectivity index (χ4n) is 2.16. The van der Waals surface area contributed by atoms with Crippen LogP contribution in [-0.2, 0) is 0 Å². The Labute approximate surface area is 140 Å². The highest BCUT2D eigenvalue weighted by atomic mass is 79.9. The summed E-state index contributed by atoms with van der Waals surface area (Å²) in [6, 6.07) is 12.7. The molecule has 0 bridgehead atoms. The van der Waals surface area contributed by atoms with Gasteiger partial charge in [-0.2, -0.15) is 0 Å². The zero-order valence-corrected chi connectivity index (χ0v) is 14.0. The molecule has 3 rings (SSSR count). The number of halogens is 2. The lowest BCUT2D eigenvalue weighted by Crippen LogP contribution is -2.12. The van der Waals surface area contributed by atoms with Crippen molar-refractivity contribution >= 4 is 50.0 Å². The molecular weight excluding hydrogens is 368 g/mol. The van der Waals surface area contributed by atoms with Crippen molar-refractivity contribution in [3.63, 3.8) is 0 Å². The molecule has 0 saturated carbocycles. The molecule has 0 aliphatic rings. The van der Waals surface area contributed by atoms with Crippen molar-refractivity contribution in [3.05, 3.63) is 57.7 Å². The van der Waals surface area contributed by atoms with Gasteiger partial charge in [-0.1, -0.05) is 33.6 Å². The Balaban J connectivity index is 1.85. The number of aromatic amines is 1. The fraction of sp³-hybridized carbons (Fsp3) is 0.0625. The molecule has 3 aromatic rings. The van der Waals surface area contributed by atoms with Crippen molar-refractivity contribution in [2.75, 3.05) is 12.4 Å². The van der Waals surface area contributed by atoms with Gasteiger partial charge >= 0.3 is 0 Å². The Bertz CT molecular complexity index is 860. The lowest BCUT2D eigenvalue weighted by Gasteiger charge is -2.07. The van der Waals surface area contributed by atoms with E-state index in [1.807, 2.05) is 24.3 Å².